The number of esters is 1. The third-order valence-electron chi connectivity index (χ3n) is 2.64. The second kappa shape index (κ2) is 9.02. The largest absolute Gasteiger partial charge is 0.493 e. The molecule has 0 fully saturated rings. The van der Waals surface area contributed by atoms with Gasteiger partial charge in [-0.25, -0.2) is 4.79 Å². The van der Waals surface area contributed by atoms with E-state index in [0.717, 1.165) is 18.4 Å². The first kappa shape index (κ1) is 16.1. The van der Waals surface area contributed by atoms with E-state index in [4.69, 9.17) is 14.2 Å². The fourth-order valence-corrected chi connectivity index (χ4v) is 1.59. The summed E-state index contributed by atoms with van der Waals surface area (Å²) in [7, 11) is 1.60. The molecule has 1 aromatic carbocycles. The minimum atomic E-state index is -0.352. The van der Waals surface area contributed by atoms with Crippen LogP contribution in [0.1, 0.15) is 32.3 Å². The van der Waals surface area contributed by atoms with Crippen LogP contribution in [0.4, 0.5) is 0 Å². The highest BCUT2D eigenvalue weighted by molar-refractivity contribution is 5.87. The molecule has 0 aliphatic heterocycles. The van der Waals surface area contributed by atoms with E-state index in [1.165, 1.54) is 6.08 Å². The molecule has 0 amide bonds. The van der Waals surface area contributed by atoms with Crippen molar-refractivity contribution in [3.8, 4) is 11.5 Å². The lowest BCUT2D eigenvalue weighted by Gasteiger charge is -2.10. The summed E-state index contributed by atoms with van der Waals surface area (Å²) in [6, 6.07) is 5.55. The third kappa shape index (κ3) is 5.34. The van der Waals surface area contributed by atoms with Gasteiger partial charge in [0.25, 0.3) is 0 Å². The molecule has 0 bridgehead atoms. The zero-order chi connectivity index (χ0) is 14.8. The molecule has 0 N–H and O–H groups in total. The van der Waals surface area contributed by atoms with Gasteiger partial charge in [-0.2, -0.15) is 0 Å². The van der Waals surface area contributed by atoms with E-state index in [1.807, 2.05) is 18.2 Å². The van der Waals surface area contributed by atoms with Gasteiger partial charge in [-0.1, -0.05) is 19.4 Å². The SMILES string of the molecule is CCCCOc1ccc(/C=C/C(=O)OCC)cc1OC. The molecule has 0 aliphatic rings. The number of carbonyl (C=O) groups is 1. The maximum absolute atomic E-state index is 11.2. The first-order valence-corrected chi connectivity index (χ1v) is 6.87. The van der Waals surface area contributed by atoms with E-state index in [-0.39, 0.29) is 5.97 Å². The fraction of sp³-hybridized carbons (Fsp3) is 0.438. The van der Waals surface area contributed by atoms with Crippen LogP contribution in [-0.4, -0.2) is 26.3 Å². The van der Waals surface area contributed by atoms with Crippen LogP contribution in [0, 0.1) is 0 Å². The Kier molecular flexibility index (Phi) is 7.25. The Balaban J connectivity index is 2.73. The zero-order valence-corrected chi connectivity index (χ0v) is 12.3. The minimum Gasteiger partial charge on any atom is -0.493 e. The average Bonchev–Trinajstić information content (AvgIpc) is 2.46. The Morgan fingerprint density at radius 2 is 2.05 bits per heavy atom. The molecule has 0 spiro atoms. The van der Waals surface area contributed by atoms with Crippen LogP contribution in [0.5, 0.6) is 11.5 Å². The van der Waals surface area contributed by atoms with Crippen LogP contribution in [-0.2, 0) is 9.53 Å². The summed E-state index contributed by atoms with van der Waals surface area (Å²) in [5.74, 6) is 1.02. The van der Waals surface area contributed by atoms with Gasteiger partial charge >= 0.3 is 5.97 Å². The van der Waals surface area contributed by atoms with Gasteiger partial charge in [0.2, 0.25) is 0 Å². The number of ether oxygens (including phenoxy) is 3. The second-order valence-electron chi connectivity index (χ2n) is 4.20. The first-order valence-electron chi connectivity index (χ1n) is 6.87. The molecule has 0 radical (unpaired) electrons. The number of hydrogen-bond acceptors (Lipinski definition) is 4. The molecule has 1 aromatic rings. The van der Waals surface area contributed by atoms with Gasteiger partial charge in [0.05, 0.1) is 20.3 Å². The predicted molar refractivity (Wildman–Crippen MR) is 79.1 cm³/mol. The van der Waals surface area contributed by atoms with Crippen LogP contribution < -0.4 is 9.47 Å². The van der Waals surface area contributed by atoms with Crippen LogP contribution in [0.25, 0.3) is 6.08 Å². The van der Waals surface area contributed by atoms with E-state index in [0.29, 0.717) is 24.7 Å². The Hall–Kier alpha value is -1.97. The number of unbranched alkanes of at least 4 members (excludes halogenated alkanes) is 1. The number of carbonyl (C=O) groups excluding carboxylic acids is 1. The van der Waals surface area contributed by atoms with E-state index in [2.05, 4.69) is 6.92 Å². The molecule has 0 aromatic heterocycles. The van der Waals surface area contributed by atoms with Crippen LogP contribution in [0.2, 0.25) is 0 Å². The summed E-state index contributed by atoms with van der Waals surface area (Å²) in [4.78, 5) is 11.2. The van der Waals surface area contributed by atoms with Crippen molar-refractivity contribution in [1.29, 1.82) is 0 Å². The Morgan fingerprint density at radius 1 is 1.25 bits per heavy atom. The number of benzene rings is 1. The maximum Gasteiger partial charge on any atom is 0.330 e. The molecule has 0 saturated carbocycles. The lowest BCUT2D eigenvalue weighted by Crippen LogP contribution is -1.99. The molecule has 20 heavy (non-hydrogen) atoms. The van der Waals surface area contributed by atoms with Gasteiger partial charge in [0, 0.05) is 6.08 Å². The highest BCUT2D eigenvalue weighted by Crippen LogP contribution is 2.28. The van der Waals surface area contributed by atoms with Gasteiger partial charge < -0.3 is 14.2 Å². The molecule has 1 rings (SSSR count). The van der Waals surface area contributed by atoms with E-state index in [1.54, 1.807) is 20.1 Å². The zero-order valence-electron chi connectivity index (χ0n) is 12.3. The molecule has 0 saturated heterocycles. The number of rotatable bonds is 8. The van der Waals surface area contributed by atoms with Gasteiger partial charge in [0.15, 0.2) is 11.5 Å². The van der Waals surface area contributed by atoms with Crippen molar-refractivity contribution in [2.45, 2.75) is 26.7 Å². The first-order chi connectivity index (χ1) is 9.71. The van der Waals surface area contributed by atoms with Crippen molar-refractivity contribution < 1.29 is 19.0 Å². The number of hydrogen-bond donors (Lipinski definition) is 0. The molecule has 0 atom stereocenters. The van der Waals surface area contributed by atoms with E-state index in [9.17, 15) is 4.79 Å². The quantitative estimate of drug-likeness (QED) is 0.415. The van der Waals surface area contributed by atoms with Crippen molar-refractivity contribution in [2.75, 3.05) is 20.3 Å². The summed E-state index contributed by atoms with van der Waals surface area (Å²) >= 11 is 0. The highest BCUT2D eigenvalue weighted by Gasteiger charge is 2.04. The average molecular weight is 278 g/mol. The predicted octanol–water partition coefficient (Wildman–Crippen LogP) is 3.45. The summed E-state index contributed by atoms with van der Waals surface area (Å²) < 4.78 is 15.8. The normalized spacial score (nSPS) is 10.6. The molecular weight excluding hydrogens is 256 g/mol. The lowest BCUT2D eigenvalue weighted by molar-refractivity contribution is -0.137. The molecule has 4 heteroatoms. The molecule has 0 unspecified atom stereocenters. The van der Waals surface area contributed by atoms with Crippen LogP contribution in [0.15, 0.2) is 24.3 Å². The van der Waals surface area contributed by atoms with Crippen molar-refractivity contribution in [2.24, 2.45) is 0 Å². The smallest absolute Gasteiger partial charge is 0.330 e. The van der Waals surface area contributed by atoms with Crippen molar-refractivity contribution in [3.05, 3.63) is 29.8 Å². The Labute approximate surface area is 120 Å². The summed E-state index contributed by atoms with van der Waals surface area (Å²) in [6.07, 6.45) is 5.18. The molecular formula is C16H22O4. The Bertz CT molecular complexity index is 452. The third-order valence-corrected chi connectivity index (χ3v) is 2.64. The summed E-state index contributed by atoms with van der Waals surface area (Å²) in [6.45, 7) is 4.93. The van der Waals surface area contributed by atoms with Gasteiger partial charge in [0.1, 0.15) is 0 Å². The molecule has 0 aliphatic carbocycles. The van der Waals surface area contributed by atoms with Gasteiger partial charge in [-0.05, 0) is 37.1 Å². The fourth-order valence-electron chi connectivity index (χ4n) is 1.59. The highest BCUT2D eigenvalue weighted by atomic mass is 16.5. The van der Waals surface area contributed by atoms with Crippen molar-refractivity contribution in [1.82, 2.24) is 0 Å². The van der Waals surface area contributed by atoms with Gasteiger partial charge in [-0.3, -0.25) is 0 Å². The topological polar surface area (TPSA) is 44.8 Å². The number of methoxy groups -OCH3 is 1. The summed E-state index contributed by atoms with van der Waals surface area (Å²) in [5.41, 5.74) is 0.859. The molecule has 4 nitrogen and oxygen atoms in total. The molecule has 0 heterocycles. The van der Waals surface area contributed by atoms with Crippen molar-refractivity contribution >= 4 is 12.0 Å². The maximum atomic E-state index is 11.2. The lowest BCUT2D eigenvalue weighted by atomic mass is 10.2. The minimum absolute atomic E-state index is 0.352. The molecule has 110 valence electrons. The Morgan fingerprint density at radius 3 is 2.70 bits per heavy atom. The second-order valence-corrected chi connectivity index (χ2v) is 4.20. The standard InChI is InChI=1S/C16H22O4/c1-4-6-11-20-14-9-7-13(12-15(14)18-3)8-10-16(17)19-5-2/h7-10,12H,4-6,11H2,1-3H3/b10-8+. The van der Waals surface area contributed by atoms with Crippen LogP contribution in [0.3, 0.4) is 0 Å². The van der Waals surface area contributed by atoms with E-state index >= 15 is 0 Å². The van der Waals surface area contributed by atoms with Crippen LogP contribution >= 0.6 is 0 Å². The van der Waals surface area contributed by atoms with Gasteiger partial charge in [-0.15, -0.1) is 0 Å². The van der Waals surface area contributed by atoms with E-state index < -0.39 is 0 Å². The van der Waals surface area contributed by atoms with Crippen molar-refractivity contribution in [3.63, 3.8) is 0 Å². The summed E-state index contributed by atoms with van der Waals surface area (Å²) in [5, 5.41) is 0. The monoisotopic (exact) mass is 278 g/mol.